The largest absolute Gasteiger partial charge is 0.356 e. The van der Waals surface area contributed by atoms with E-state index in [2.05, 4.69) is 33.1 Å². The van der Waals surface area contributed by atoms with E-state index in [1.54, 1.807) is 0 Å². The fraction of sp³-hybridized carbons (Fsp3) is 0.800. The number of rotatable bonds is 8. The summed E-state index contributed by atoms with van der Waals surface area (Å²) < 4.78 is 1.96. The number of unbranched alkanes of at least 4 members (excludes halogenated alkanes) is 1. The van der Waals surface area contributed by atoms with Crippen molar-refractivity contribution in [2.75, 3.05) is 6.54 Å². The average molecular weight is 390 g/mol. The third kappa shape index (κ3) is 5.94. The van der Waals surface area contributed by atoms with Gasteiger partial charge in [-0.05, 0) is 45.4 Å². The van der Waals surface area contributed by atoms with Crippen LogP contribution in [-0.2, 0) is 18.4 Å². The number of aryl methyl sites for hydroxylation is 1. The van der Waals surface area contributed by atoms with Gasteiger partial charge in [-0.1, -0.05) is 19.8 Å². The molecule has 28 heavy (non-hydrogen) atoms. The molecule has 8 nitrogen and oxygen atoms in total. The van der Waals surface area contributed by atoms with Gasteiger partial charge in [-0.3, -0.25) is 4.79 Å². The number of aliphatic imine (C=N–C) groups is 1. The predicted molar refractivity (Wildman–Crippen MR) is 110 cm³/mol. The molecule has 3 rings (SSSR count). The second-order valence-corrected chi connectivity index (χ2v) is 8.16. The summed E-state index contributed by atoms with van der Waals surface area (Å²) >= 11 is 0. The average Bonchev–Trinajstić information content (AvgIpc) is 3.45. The highest BCUT2D eigenvalue weighted by molar-refractivity contribution is 5.81. The van der Waals surface area contributed by atoms with Gasteiger partial charge in [0.2, 0.25) is 5.91 Å². The molecule has 0 saturated heterocycles. The number of nitrogens with one attached hydrogen (secondary N) is 3. The van der Waals surface area contributed by atoms with Crippen LogP contribution >= 0.6 is 0 Å². The third-order valence-corrected chi connectivity index (χ3v) is 5.69. The van der Waals surface area contributed by atoms with Gasteiger partial charge in [0.25, 0.3) is 0 Å². The van der Waals surface area contributed by atoms with Crippen LogP contribution in [0.3, 0.4) is 0 Å². The van der Waals surface area contributed by atoms with Crippen LogP contribution in [-0.4, -0.2) is 45.3 Å². The molecule has 0 bridgehead atoms. The highest BCUT2D eigenvalue weighted by Gasteiger charge is 2.31. The van der Waals surface area contributed by atoms with E-state index in [1.807, 2.05) is 18.5 Å². The monoisotopic (exact) mass is 389 g/mol. The zero-order chi connectivity index (χ0) is 19.9. The molecule has 2 aliphatic rings. The van der Waals surface area contributed by atoms with Gasteiger partial charge in [0.05, 0.1) is 0 Å². The number of carbonyl (C=O) groups is 1. The third-order valence-electron chi connectivity index (χ3n) is 5.69. The number of amides is 1. The molecule has 2 aliphatic carbocycles. The lowest BCUT2D eigenvalue weighted by atomic mass is 9.85. The van der Waals surface area contributed by atoms with E-state index in [4.69, 9.17) is 4.99 Å². The Morgan fingerprint density at radius 1 is 1.18 bits per heavy atom. The first kappa shape index (κ1) is 20.6. The summed E-state index contributed by atoms with van der Waals surface area (Å²) in [5.41, 5.74) is 0. The van der Waals surface area contributed by atoms with E-state index in [0.717, 1.165) is 75.5 Å². The zero-order valence-electron chi connectivity index (χ0n) is 17.5. The molecule has 1 aromatic rings. The molecule has 8 heteroatoms. The van der Waals surface area contributed by atoms with Gasteiger partial charge in [-0.15, -0.1) is 10.2 Å². The van der Waals surface area contributed by atoms with Crippen molar-refractivity contribution >= 4 is 11.9 Å². The molecule has 0 aromatic carbocycles. The fourth-order valence-electron chi connectivity index (χ4n) is 3.57. The van der Waals surface area contributed by atoms with Crippen molar-refractivity contribution < 1.29 is 4.79 Å². The Labute approximate surface area is 168 Å². The topological polar surface area (TPSA) is 96.2 Å². The summed E-state index contributed by atoms with van der Waals surface area (Å²) in [4.78, 5) is 17.2. The fourth-order valence-corrected chi connectivity index (χ4v) is 3.57. The molecule has 1 heterocycles. The van der Waals surface area contributed by atoms with Crippen molar-refractivity contribution in [2.24, 2.45) is 18.0 Å². The Kier molecular flexibility index (Phi) is 7.28. The molecule has 2 atom stereocenters. The second kappa shape index (κ2) is 9.89. The molecule has 2 saturated carbocycles. The number of hydrogen-bond donors (Lipinski definition) is 3. The van der Waals surface area contributed by atoms with Crippen LogP contribution in [0.25, 0.3) is 0 Å². The molecule has 2 fully saturated rings. The Bertz CT molecular complexity index is 680. The number of aromatic nitrogens is 3. The van der Waals surface area contributed by atoms with Crippen LogP contribution in [0.2, 0.25) is 0 Å². The first-order valence-electron chi connectivity index (χ1n) is 10.8. The Hall–Kier alpha value is -2.12. The summed E-state index contributed by atoms with van der Waals surface area (Å²) in [7, 11) is 1.96. The maximum absolute atomic E-state index is 12.4. The van der Waals surface area contributed by atoms with Crippen LogP contribution in [0.15, 0.2) is 4.99 Å². The summed E-state index contributed by atoms with van der Waals surface area (Å²) in [6.45, 7) is 5.49. The van der Waals surface area contributed by atoms with Gasteiger partial charge < -0.3 is 20.5 Å². The number of guanidine groups is 1. The summed E-state index contributed by atoms with van der Waals surface area (Å²) in [5.74, 6) is 2.89. The minimum Gasteiger partial charge on any atom is -0.356 e. The quantitative estimate of drug-likeness (QED) is 0.358. The molecule has 0 aliphatic heterocycles. The van der Waals surface area contributed by atoms with E-state index < -0.39 is 0 Å². The van der Waals surface area contributed by atoms with Crippen LogP contribution in [0.4, 0.5) is 0 Å². The maximum Gasteiger partial charge on any atom is 0.223 e. The van der Waals surface area contributed by atoms with Crippen LogP contribution in [0, 0.1) is 12.8 Å². The van der Waals surface area contributed by atoms with Crippen molar-refractivity contribution in [3.63, 3.8) is 0 Å². The molecular weight excluding hydrogens is 354 g/mol. The first-order chi connectivity index (χ1) is 13.6. The van der Waals surface area contributed by atoms with Crippen molar-refractivity contribution in [3.05, 3.63) is 11.6 Å². The van der Waals surface area contributed by atoms with Gasteiger partial charge in [0, 0.05) is 31.6 Å². The standard InChI is InChI=1S/C20H35N7O/c1-4-5-11-21-20(22-13-18-26-25-14(2)27(18)3)24-17-8-6-7-15(12-17)19(28)23-16-9-10-16/h15-17H,4-13H2,1-3H3,(H,23,28)(H2,21,22,24). The minimum absolute atomic E-state index is 0.116. The molecule has 0 radical (unpaired) electrons. The van der Waals surface area contributed by atoms with Gasteiger partial charge in [-0.2, -0.15) is 0 Å². The lowest BCUT2D eigenvalue weighted by Crippen LogP contribution is -2.47. The summed E-state index contributed by atoms with van der Waals surface area (Å²) in [6, 6.07) is 0.710. The van der Waals surface area contributed by atoms with Gasteiger partial charge in [0.15, 0.2) is 11.8 Å². The van der Waals surface area contributed by atoms with Crippen LogP contribution in [0.1, 0.15) is 69.9 Å². The number of hydrogen-bond acceptors (Lipinski definition) is 4. The van der Waals surface area contributed by atoms with E-state index in [0.29, 0.717) is 12.6 Å². The highest BCUT2D eigenvalue weighted by atomic mass is 16.2. The van der Waals surface area contributed by atoms with Crippen molar-refractivity contribution in [2.45, 2.75) is 83.8 Å². The minimum atomic E-state index is 0.116. The van der Waals surface area contributed by atoms with Crippen molar-refractivity contribution in [3.8, 4) is 0 Å². The summed E-state index contributed by atoms with van der Waals surface area (Å²) in [5, 5.41) is 18.5. The van der Waals surface area contributed by atoms with E-state index >= 15 is 0 Å². The molecule has 156 valence electrons. The number of carbonyl (C=O) groups excluding carboxylic acids is 1. The molecule has 2 unspecified atom stereocenters. The maximum atomic E-state index is 12.4. The first-order valence-corrected chi connectivity index (χ1v) is 10.8. The molecule has 1 aromatic heterocycles. The van der Waals surface area contributed by atoms with Crippen LogP contribution in [0.5, 0.6) is 0 Å². The molecular formula is C20H35N7O. The van der Waals surface area contributed by atoms with Crippen molar-refractivity contribution in [1.29, 1.82) is 0 Å². The van der Waals surface area contributed by atoms with E-state index in [-0.39, 0.29) is 17.9 Å². The molecule has 0 spiro atoms. The normalized spacial score (nSPS) is 22.8. The molecule has 3 N–H and O–H groups in total. The highest BCUT2D eigenvalue weighted by Crippen LogP contribution is 2.26. The predicted octanol–water partition coefficient (Wildman–Crippen LogP) is 1.80. The lowest BCUT2D eigenvalue weighted by molar-refractivity contribution is -0.126. The van der Waals surface area contributed by atoms with Gasteiger partial charge in [0.1, 0.15) is 12.4 Å². The smallest absolute Gasteiger partial charge is 0.223 e. The summed E-state index contributed by atoms with van der Waals surface area (Å²) in [6.07, 6.45) is 8.52. The zero-order valence-corrected chi connectivity index (χ0v) is 17.5. The van der Waals surface area contributed by atoms with Gasteiger partial charge in [-0.25, -0.2) is 4.99 Å². The Balaban J connectivity index is 1.58. The SMILES string of the molecule is CCCCNC(=NCc1nnc(C)n1C)NC1CCCC(C(=O)NC2CC2)C1. The van der Waals surface area contributed by atoms with Crippen molar-refractivity contribution in [1.82, 2.24) is 30.7 Å². The van der Waals surface area contributed by atoms with Crippen LogP contribution < -0.4 is 16.0 Å². The molecule has 1 amide bonds. The van der Waals surface area contributed by atoms with E-state index in [9.17, 15) is 4.79 Å². The Morgan fingerprint density at radius 2 is 2.00 bits per heavy atom. The lowest BCUT2D eigenvalue weighted by Gasteiger charge is -2.30. The second-order valence-electron chi connectivity index (χ2n) is 8.16. The number of nitrogens with zero attached hydrogens (tertiary/aromatic N) is 4. The van der Waals surface area contributed by atoms with E-state index in [1.165, 1.54) is 0 Å². The Morgan fingerprint density at radius 3 is 2.68 bits per heavy atom. The van der Waals surface area contributed by atoms with Gasteiger partial charge >= 0.3 is 0 Å².